The molecule has 0 aliphatic carbocycles. The fourth-order valence-corrected chi connectivity index (χ4v) is 4.06. The van der Waals surface area contributed by atoms with Gasteiger partial charge in [-0.15, -0.1) is 11.3 Å². The highest BCUT2D eigenvalue weighted by atomic mass is 32.2. The lowest BCUT2D eigenvalue weighted by Crippen LogP contribution is -2.16. The number of aromatic nitrogens is 2. The Hall–Kier alpha value is -2.12. The topological polar surface area (TPSA) is 72.0 Å². The zero-order chi connectivity index (χ0) is 18.7. The maximum absolute atomic E-state index is 12.6. The first-order valence-electron chi connectivity index (χ1n) is 8.38. The first-order chi connectivity index (χ1) is 12.5. The van der Waals surface area contributed by atoms with E-state index in [-0.39, 0.29) is 23.4 Å². The lowest BCUT2D eigenvalue weighted by molar-refractivity contribution is -0.144. The van der Waals surface area contributed by atoms with Gasteiger partial charge in [0.05, 0.1) is 17.2 Å². The van der Waals surface area contributed by atoms with Crippen LogP contribution in [0.2, 0.25) is 0 Å². The lowest BCUT2D eigenvalue weighted by Gasteiger charge is -2.10. The number of H-pyrrole nitrogens is 1. The Morgan fingerprint density at radius 3 is 2.77 bits per heavy atom. The number of esters is 1. The number of aryl methyl sites for hydroxylation is 1. The van der Waals surface area contributed by atoms with E-state index in [4.69, 9.17) is 4.74 Å². The molecule has 2 heterocycles. The second kappa shape index (κ2) is 8.05. The van der Waals surface area contributed by atoms with Crippen LogP contribution in [0, 0.1) is 6.92 Å². The third kappa shape index (κ3) is 4.16. The van der Waals surface area contributed by atoms with Crippen LogP contribution in [0.3, 0.4) is 0 Å². The lowest BCUT2D eigenvalue weighted by atomic mass is 10.1. The van der Waals surface area contributed by atoms with Crippen molar-refractivity contribution in [3.8, 4) is 11.1 Å². The maximum atomic E-state index is 12.6. The largest absolute Gasteiger partial charge is 0.462 e. The minimum atomic E-state index is -0.307. The van der Waals surface area contributed by atoms with Crippen molar-refractivity contribution in [1.82, 2.24) is 9.97 Å². The number of carbonyl (C=O) groups excluding carboxylic acids is 1. The van der Waals surface area contributed by atoms with E-state index < -0.39 is 0 Å². The number of nitrogens with zero attached hydrogens (tertiary/aromatic N) is 1. The van der Waals surface area contributed by atoms with Crippen molar-refractivity contribution in [3.63, 3.8) is 0 Å². The number of ether oxygens (including phenoxy) is 1. The zero-order valence-electron chi connectivity index (χ0n) is 14.9. The Balaban J connectivity index is 1.82. The molecule has 26 heavy (non-hydrogen) atoms. The number of fused-ring (bicyclic) bond motifs is 1. The molecule has 0 fully saturated rings. The van der Waals surface area contributed by atoms with Gasteiger partial charge in [-0.1, -0.05) is 48.5 Å². The van der Waals surface area contributed by atoms with Crippen LogP contribution < -0.4 is 5.56 Å². The minimum Gasteiger partial charge on any atom is -0.462 e. The Morgan fingerprint density at radius 2 is 2.08 bits per heavy atom. The summed E-state index contributed by atoms with van der Waals surface area (Å²) in [4.78, 5) is 32.3. The molecule has 7 heteroatoms. The smallest absolute Gasteiger partial charge is 0.316 e. The van der Waals surface area contributed by atoms with Gasteiger partial charge < -0.3 is 9.72 Å². The van der Waals surface area contributed by atoms with Crippen LogP contribution in [-0.2, 0) is 9.53 Å². The van der Waals surface area contributed by atoms with E-state index in [1.807, 2.05) is 50.4 Å². The monoisotopic (exact) mass is 388 g/mol. The summed E-state index contributed by atoms with van der Waals surface area (Å²) in [7, 11) is 0. The van der Waals surface area contributed by atoms with Gasteiger partial charge in [0.2, 0.25) is 0 Å². The van der Waals surface area contributed by atoms with Gasteiger partial charge in [0.1, 0.15) is 4.83 Å². The molecule has 3 aromatic rings. The summed E-state index contributed by atoms with van der Waals surface area (Å²) in [5.41, 5.74) is 2.85. The summed E-state index contributed by atoms with van der Waals surface area (Å²) in [5.74, 6) is -0.187. The average molecular weight is 389 g/mol. The Morgan fingerprint density at radius 1 is 1.35 bits per heavy atom. The van der Waals surface area contributed by atoms with Gasteiger partial charge in [0.15, 0.2) is 5.16 Å². The summed E-state index contributed by atoms with van der Waals surface area (Å²) in [6.45, 7) is 5.84. The molecule has 0 saturated heterocycles. The highest BCUT2D eigenvalue weighted by Gasteiger charge is 2.15. The van der Waals surface area contributed by atoms with Crippen molar-refractivity contribution in [2.24, 2.45) is 0 Å². The van der Waals surface area contributed by atoms with Crippen LogP contribution in [0.4, 0.5) is 0 Å². The molecule has 0 aliphatic rings. The maximum Gasteiger partial charge on any atom is 0.316 e. The quantitative estimate of drug-likeness (QED) is 0.385. The van der Waals surface area contributed by atoms with Crippen LogP contribution in [0.1, 0.15) is 25.8 Å². The van der Waals surface area contributed by atoms with Crippen molar-refractivity contribution < 1.29 is 9.53 Å². The summed E-state index contributed by atoms with van der Waals surface area (Å²) in [6, 6.07) is 8.05. The number of hydrogen-bond acceptors (Lipinski definition) is 6. The Labute approximate surface area is 159 Å². The van der Waals surface area contributed by atoms with Gasteiger partial charge in [-0.2, -0.15) is 0 Å². The van der Waals surface area contributed by atoms with Crippen molar-refractivity contribution in [3.05, 3.63) is 45.6 Å². The van der Waals surface area contributed by atoms with Crippen molar-refractivity contribution in [2.75, 3.05) is 5.75 Å². The van der Waals surface area contributed by atoms with Crippen LogP contribution in [0.5, 0.6) is 0 Å². The number of thiophene rings is 1. The number of aromatic amines is 1. The van der Waals surface area contributed by atoms with Crippen LogP contribution in [0.15, 0.2) is 39.6 Å². The molecular formula is C19H20N2O3S2. The van der Waals surface area contributed by atoms with Crippen LogP contribution in [-0.4, -0.2) is 27.8 Å². The van der Waals surface area contributed by atoms with Gasteiger partial charge in [-0.05, 0) is 25.8 Å². The van der Waals surface area contributed by atoms with E-state index in [0.29, 0.717) is 15.4 Å². The first kappa shape index (κ1) is 18.7. The van der Waals surface area contributed by atoms with Crippen LogP contribution >= 0.6 is 23.1 Å². The summed E-state index contributed by atoms with van der Waals surface area (Å²) < 4.78 is 5.23. The standard InChI is InChI=1S/C19H20N2O3S2/c1-4-12(3)24-15(22)10-26-19-20-17(23)16-14(9-25-18(16)21-19)13-7-5-11(2)6-8-13/h5-9,12H,4,10H2,1-3H3,(H,20,21,23). The number of thioether (sulfide) groups is 1. The number of hydrogen-bond donors (Lipinski definition) is 1. The average Bonchev–Trinajstić information content (AvgIpc) is 3.05. The van der Waals surface area contributed by atoms with E-state index in [2.05, 4.69) is 9.97 Å². The fraction of sp³-hybridized carbons (Fsp3) is 0.316. The minimum absolute atomic E-state index is 0.105. The van der Waals surface area contributed by atoms with Crippen molar-refractivity contribution >= 4 is 39.3 Å². The predicted molar refractivity (Wildman–Crippen MR) is 107 cm³/mol. The van der Waals surface area contributed by atoms with Gasteiger partial charge in [-0.3, -0.25) is 9.59 Å². The van der Waals surface area contributed by atoms with E-state index in [9.17, 15) is 9.59 Å². The molecule has 0 amide bonds. The summed E-state index contributed by atoms with van der Waals surface area (Å²) in [5, 5.41) is 2.97. The predicted octanol–water partition coefficient (Wildman–Crippen LogP) is 4.39. The highest BCUT2D eigenvalue weighted by molar-refractivity contribution is 7.99. The molecule has 5 nitrogen and oxygen atoms in total. The third-order valence-corrected chi connectivity index (χ3v) is 5.74. The van der Waals surface area contributed by atoms with E-state index in [1.165, 1.54) is 28.7 Å². The second-order valence-electron chi connectivity index (χ2n) is 6.06. The highest BCUT2D eigenvalue weighted by Crippen LogP contribution is 2.31. The third-order valence-electron chi connectivity index (χ3n) is 4.02. The first-order valence-corrected chi connectivity index (χ1v) is 10.2. The molecule has 0 aliphatic heterocycles. The van der Waals surface area contributed by atoms with Crippen molar-refractivity contribution in [1.29, 1.82) is 0 Å². The molecule has 2 aromatic heterocycles. The van der Waals surface area contributed by atoms with Gasteiger partial charge >= 0.3 is 5.97 Å². The Kier molecular flexibility index (Phi) is 5.78. The second-order valence-corrected chi connectivity index (χ2v) is 7.89. The zero-order valence-corrected chi connectivity index (χ0v) is 16.5. The molecule has 0 saturated carbocycles. The molecule has 0 radical (unpaired) electrons. The SMILES string of the molecule is CCC(C)OC(=O)CSc1nc2scc(-c3ccc(C)cc3)c2c(=O)[nH]1. The van der Waals surface area contributed by atoms with Gasteiger partial charge in [-0.25, -0.2) is 4.98 Å². The number of carbonyl (C=O) groups is 1. The molecule has 1 unspecified atom stereocenters. The fourth-order valence-electron chi connectivity index (χ4n) is 2.41. The summed E-state index contributed by atoms with van der Waals surface area (Å²) >= 11 is 2.61. The number of rotatable bonds is 6. The molecule has 0 bridgehead atoms. The van der Waals surface area contributed by atoms with E-state index >= 15 is 0 Å². The van der Waals surface area contributed by atoms with E-state index in [1.54, 1.807) is 0 Å². The van der Waals surface area contributed by atoms with Crippen molar-refractivity contribution in [2.45, 2.75) is 38.5 Å². The molecule has 136 valence electrons. The van der Waals surface area contributed by atoms with Gasteiger partial charge in [0.25, 0.3) is 5.56 Å². The molecule has 0 spiro atoms. The molecule has 1 atom stereocenters. The molecule has 1 aromatic carbocycles. The summed E-state index contributed by atoms with van der Waals surface area (Å²) in [6.07, 6.45) is 0.668. The van der Waals surface area contributed by atoms with E-state index in [0.717, 1.165) is 17.5 Å². The normalized spacial score (nSPS) is 12.3. The molecule has 3 rings (SSSR count). The molecule has 1 N–H and O–H groups in total. The van der Waals surface area contributed by atoms with Gasteiger partial charge in [0, 0.05) is 10.9 Å². The molecular weight excluding hydrogens is 368 g/mol. The number of nitrogens with one attached hydrogen (secondary N) is 1. The van der Waals surface area contributed by atoms with Crippen LogP contribution in [0.25, 0.3) is 21.3 Å². The number of benzene rings is 1. The Bertz CT molecular complexity index is 977.